The van der Waals surface area contributed by atoms with E-state index in [0.29, 0.717) is 0 Å². The standard InChI is InChI=1S/C19H22N2S/c1-21(2)12-11-16-13-20-17-9-6-10-18(19(16)17)22-14-15-7-4-3-5-8-15/h3-10,13,20H,11-12,14H2,1-2H3. The van der Waals surface area contributed by atoms with Crippen LogP contribution < -0.4 is 0 Å². The van der Waals surface area contributed by atoms with E-state index in [2.05, 4.69) is 78.7 Å². The number of H-pyrrole nitrogens is 1. The van der Waals surface area contributed by atoms with Gasteiger partial charge in [-0.25, -0.2) is 0 Å². The lowest BCUT2D eigenvalue weighted by Crippen LogP contribution is -2.14. The van der Waals surface area contributed by atoms with Gasteiger partial charge in [-0.2, -0.15) is 0 Å². The molecule has 0 amide bonds. The first kappa shape index (κ1) is 15.2. The van der Waals surface area contributed by atoms with Gasteiger partial charge in [-0.15, -0.1) is 11.8 Å². The highest BCUT2D eigenvalue weighted by atomic mass is 32.2. The maximum atomic E-state index is 3.42. The summed E-state index contributed by atoms with van der Waals surface area (Å²) in [5.74, 6) is 1.01. The third-order valence-electron chi connectivity index (χ3n) is 3.81. The van der Waals surface area contributed by atoms with Gasteiger partial charge in [-0.05, 0) is 43.8 Å². The van der Waals surface area contributed by atoms with E-state index < -0.39 is 0 Å². The maximum Gasteiger partial charge on any atom is 0.0468 e. The summed E-state index contributed by atoms with van der Waals surface area (Å²) in [5.41, 5.74) is 4.03. The number of rotatable bonds is 6. The van der Waals surface area contributed by atoms with Crippen LogP contribution in [-0.4, -0.2) is 30.5 Å². The number of hydrogen-bond acceptors (Lipinski definition) is 2. The molecule has 22 heavy (non-hydrogen) atoms. The summed E-state index contributed by atoms with van der Waals surface area (Å²) in [6.07, 6.45) is 3.25. The predicted octanol–water partition coefficient (Wildman–Crippen LogP) is 4.56. The van der Waals surface area contributed by atoms with Gasteiger partial charge in [0.1, 0.15) is 0 Å². The van der Waals surface area contributed by atoms with Crippen molar-refractivity contribution >= 4 is 22.7 Å². The first-order valence-corrected chi connectivity index (χ1v) is 8.63. The van der Waals surface area contributed by atoms with Crippen LogP contribution in [0.4, 0.5) is 0 Å². The van der Waals surface area contributed by atoms with Crippen LogP contribution in [0.2, 0.25) is 0 Å². The van der Waals surface area contributed by atoms with Gasteiger partial charge in [-0.1, -0.05) is 36.4 Å². The molecule has 1 aromatic heterocycles. The Morgan fingerprint density at radius 1 is 1.00 bits per heavy atom. The highest BCUT2D eigenvalue weighted by molar-refractivity contribution is 7.98. The topological polar surface area (TPSA) is 19.0 Å². The lowest BCUT2D eigenvalue weighted by molar-refractivity contribution is 0.414. The van der Waals surface area contributed by atoms with Gasteiger partial charge < -0.3 is 9.88 Å². The van der Waals surface area contributed by atoms with Gasteiger partial charge in [0.05, 0.1) is 0 Å². The van der Waals surface area contributed by atoms with Crippen molar-refractivity contribution in [2.75, 3.05) is 20.6 Å². The lowest BCUT2D eigenvalue weighted by atomic mass is 10.1. The molecule has 0 bridgehead atoms. The lowest BCUT2D eigenvalue weighted by Gasteiger charge is -2.10. The molecule has 1 heterocycles. The Hall–Kier alpha value is -1.71. The minimum Gasteiger partial charge on any atom is -0.361 e. The Labute approximate surface area is 136 Å². The molecule has 0 spiro atoms. The van der Waals surface area contributed by atoms with Gasteiger partial charge in [-0.3, -0.25) is 0 Å². The fraction of sp³-hybridized carbons (Fsp3) is 0.263. The van der Waals surface area contributed by atoms with Crippen LogP contribution in [-0.2, 0) is 12.2 Å². The van der Waals surface area contributed by atoms with Crippen molar-refractivity contribution in [3.63, 3.8) is 0 Å². The van der Waals surface area contributed by atoms with Crippen molar-refractivity contribution in [2.24, 2.45) is 0 Å². The number of nitrogens with zero attached hydrogens (tertiary/aromatic N) is 1. The van der Waals surface area contributed by atoms with Gasteiger partial charge in [0.25, 0.3) is 0 Å². The Balaban J connectivity index is 1.83. The van der Waals surface area contributed by atoms with E-state index >= 15 is 0 Å². The smallest absolute Gasteiger partial charge is 0.0468 e. The summed E-state index contributed by atoms with van der Waals surface area (Å²) in [7, 11) is 4.25. The van der Waals surface area contributed by atoms with E-state index in [9.17, 15) is 0 Å². The second-order valence-electron chi connectivity index (χ2n) is 5.82. The quantitative estimate of drug-likeness (QED) is 0.673. The average molecular weight is 310 g/mol. The zero-order valence-corrected chi connectivity index (χ0v) is 14.0. The molecule has 0 aliphatic heterocycles. The van der Waals surface area contributed by atoms with Crippen molar-refractivity contribution in [1.29, 1.82) is 0 Å². The molecule has 3 aromatic rings. The molecule has 1 N–H and O–H groups in total. The monoisotopic (exact) mass is 310 g/mol. The number of aromatic amines is 1. The second kappa shape index (κ2) is 7.03. The molecule has 114 valence electrons. The first-order valence-electron chi connectivity index (χ1n) is 7.64. The third-order valence-corrected chi connectivity index (χ3v) is 4.94. The van der Waals surface area contributed by atoms with E-state index in [4.69, 9.17) is 0 Å². The van der Waals surface area contributed by atoms with Crippen LogP contribution in [0, 0.1) is 0 Å². The average Bonchev–Trinajstić information content (AvgIpc) is 2.96. The maximum absolute atomic E-state index is 3.42. The van der Waals surface area contributed by atoms with Gasteiger partial charge in [0.2, 0.25) is 0 Å². The number of aromatic nitrogens is 1. The van der Waals surface area contributed by atoms with Crippen molar-refractivity contribution in [3.05, 3.63) is 65.9 Å². The fourth-order valence-corrected chi connectivity index (χ4v) is 3.69. The van der Waals surface area contributed by atoms with Crippen molar-refractivity contribution in [2.45, 2.75) is 17.1 Å². The first-order chi connectivity index (χ1) is 10.7. The van der Waals surface area contributed by atoms with Crippen LogP contribution in [0.5, 0.6) is 0 Å². The van der Waals surface area contributed by atoms with E-state index in [1.165, 1.54) is 26.9 Å². The second-order valence-corrected chi connectivity index (χ2v) is 6.84. The van der Waals surface area contributed by atoms with E-state index in [1.54, 1.807) is 0 Å². The molecule has 0 radical (unpaired) electrons. The highest BCUT2D eigenvalue weighted by Gasteiger charge is 2.09. The zero-order chi connectivity index (χ0) is 15.4. The SMILES string of the molecule is CN(C)CCc1c[nH]c2cccc(SCc3ccccc3)c12. The summed E-state index contributed by atoms with van der Waals surface area (Å²) < 4.78 is 0. The van der Waals surface area contributed by atoms with Gasteiger partial charge in [0.15, 0.2) is 0 Å². The van der Waals surface area contributed by atoms with Crippen LogP contribution in [0.25, 0.3) is 10.9 Å². The molecule has 0 aliphatic rings. The largest absolute Gasteiger partial charge is 0.361 e. The summed E-state index contributed by atoms with van der Waals surface area (Å²) in [6.45, 7) is 1.07. The summed E-state index contributed by atoms with van der Waals surface area (Å²) in [6, 6.07) is 17.2. The van der Waals surface area contributed by atoms with E-state index in [1.807, 2.05) is 11.8 Å². The number of nitrogens with one attached hydrogen (secondary N) is 1. The molecule has 2 aromatic carbocycles. The van der Waals surface area contributed by atoms with Gasteiger partial charge in [0, 0.05) is 34.3 Å². The summed E-state index contributed by atoms with van der Waals surface area (Å²) >= 11 is 1.92. The summed E-state index contributed by atoms with van der Waals surface area (Å²) in [5, 5.41) is 1.39. The van der Waals surface area contributed by atoms with Gasteiger partial charge >= 0.3 is 0 Å². The minimum absolute atomic E-state index is 1.01. The highest BCUT2D eigenvalue weighted by Crippen LogP contribution is 2.32. The Morgan fingerprint density at radius 3 is 2.59 bits per heavy atom. The number of benzene rings is 2. The molecule has 0 fully saturated rings. The number of fused-ring (bicyclic) bond motifs is 1. The Morgan fingerprint density at radius 2 is 1.82 bits per heavy atom. The Bertz CT molecular complexity index is 732. The number of thioether (sulfide) groups is 1. The number of likely N-dealkylation sites (N-methyl/N-ethyl adjacent to an activating group) is 1. The minimum atomic E-state index is 1.01. The number of hydrogen-bond donors (Lipinski definition) is 1. The Kier molecular flexibility index (Phi) is 4.86. The van der Waals surface area contributed by atoms with Crippen LogP contribution in [0.3, 0.4) is 0 Å². The molecular formula is C19H22N2S. The normalized spacial score (nSPS) is 11.4. The van der Waals surface area contributed by atoms with Crippen LogP contribution in [0.15, 0.2) is 59.6 Å². The van der Waals surface area contributed by atoms with Crippen LogP contribution >= 0.6 is 11.8 Å². The molecule has 0 aliphatic carbocycles. The molecule has 3 rings (SSSR count). The molecular weight excluding hydrogens is 288 g/mol. The third kappa shape index (κ3) is 3.54. The summed E-state index contributed by atoms with van der Waals surface area (Å²) in [4.78, 5) is 7.02. The molecule has 0 saturated carbocycles. The molecule has 3 heteroatoms. The zero-order valence-electron chi connectivity index (χ0n) is 13.2. The van der Waals surface area contributed by atoms with E-state index in [-0.39, 0.29) is 0 Å². The van der Waals surface area contributed by atoms with Crippen molar-refractivity contribution in [3.8, 4) is 0 Å². The molecule has 0 atom stereocenters. The van der Waals surface area contributed by atoms with Crippen LogP contribution in [0.1, 0.15) is 11.1 Å². The van der Waals surface area contributed by atoms with Crippen molar-refractivity contribution < 1.29 is 0 Å². The fourth-order valence-electron chi connectivity index (χ4n) is 2.62. The predicted molar refractivity (Wildman–Crippen MR) is 96.6 cm³/mol. The molecule has 2 nitrogen and oxygen atoms in total. The van der Waals surface area contributed by atoms with E-state index in [0.717, 1.165) is 18.7 Å². The molecule has 0 unspecified atom stereocenters. The van der Waals surface area contributed by atoms with Crippen molar-refractivity contribution in [1.82, 2.24) is 9.88 Å². The molecule has 0 saturated heterocycles.